The molecule has 5 aromatic rings. The van der Waals surface area contributed by atoms with E-state index in [0.717, 1.165) is 40.1 Å². The Morgan fingerprint density at radius 2 is 1.76 bits per heavy atom. The Labute approximate surface area is 291 Å². The SMILES string of the molecule is CCN(C(=O)[C@@H]1CCN(CC(=O)N2CC=C(c3ccc(-c4ncn(C)n4)cc3)CC2)C1)c1ccc2[nH]nc(-c3ccc(OC(C)C)cc3)c2n1. The fourth-order valence-electron chi connectivity index (χ4n) is 6.79. The highest BCUT2D eigenvalue weighted by Crippen LogP contribution is 2.30. The summed E-state index contributed by atoms with van der Waals surface area (Å²) < 4.78 is 7.48. The van der Waals surface area contributed by atoms with Gasteiger partial charge in [-0.2, -0.15) is 10.2 Å². The summed E-state index contributed by atoms with van der Waals surface area (Å²) in [7, 11) is 1.86. The van der Waals surface area contributed by atoms with Crippen molar-refractivity contribution in [2.24, 2.45) is 13.0 Å². The van der Waals surface area contributed by atoms with Gasteiger partial charge in [-0.1, -0.05) is 30.3 Å². The number of aryl methyl sites for hydroxylation is 1. The molecular weight excluding hydrogens is 630 g/mol. The molecule has 2 amide bonds. The quantitative estimate of drug-likeness (QED) is 0.215. The molecule has 50 heavy (non-hydrogen) atoms. The number of aromatic nitrogens is 6. The molecule has 1 saturated heterocycles. The van der Waals surface area contributed by atoms with E-state index in [9.17, 15) is 9.59 Å². The van der Waals surface area contributed by atoms with Crippen molar-refractivity contribution < 1.29 is 14.3 Å². The number of H-pyrrole nitrogens is 1. The van der Waals surface area contributed by atoms with Gasteiger partial charge in [-0.15, -0.1) is 0 Å². The Hall–Kier alpha value is -5.36. The van der Waals surface area contributed by atoms with E-state index in [1.807, 2.05) is 81.2 Å². The molecule has 3 aromatic heterocycles. The number of ether oxygens (including phenoxy) is 1. The first kappa shape index (κ1) is 33.2. The van der Waals surface area contributed by atoms with Crippen LogP contribution < -0.4 is 9.64 Å². The molecule has 2 aliphatic heterocycles. The van der Waals surface area contributed by atoms with Crippen LogP contribution in [0.2, 0.25) is 0 Å². The minimum absolute atomic E-state index is 0.0323. The number of hydrogen-bond acceptors (Lipinski definition) is 8. The van der Waals surface area contributed by atoms with Crippen molar-refractivity contribution in [1.29, 1.82) is 0 Å². The van der Waals surface area contributed by atoms with Gasteiger partial charge in [0.15, 0.2) is 5.82 Å². The van der Waals surface area contributed by atoms with Crippen molar-refractivity contribution >= 4 is 34.2 Å². The minimum atomic E-state index is -0.199. The van der Waals surface area contributed by atoms with Gasteiger partial charge in [-0.05, 0) is 87.7 Å². The molecule has 0 aliphatic carbocycles. The topological polar surface area (TPSA) is 125 Å². The van der Waals surface area contributed by atoms with Crippen LogP contribution in [0.5, 0.6) is 5.75 Å². The Morgan fingerprint density at radius 3 is 2.44 bits per heavy atom. The summed E-state index contributed by atoms with van der Waals surface area (Å²) in [5.41, 5.74) is 6.52. The number of rotatable bonds is 10. The van der Waals surface area contributed by atoms with Crippen LogP contribution in [0.25, 0.3) is 39.3 Å². The van der Waals surface area contributed by atoms with E-state index in [-0.39, 0.29) is 23.8 Å². The highest BCUT2D eigenvalue weighted by Gasteiger charge is 2.34. The minimum Gasteiger partial charge on any atom is -0.491 e. The van der Waals surface area contributed by atoms with E-state index < -0.39 is 0 Å². The van der Waals surface area contributed by atoms with Gasteiger partial charge < -0.3 is 9.64 Å². The number of benzene rings is 2. The van der Waals surface area contributed by atoms with Gasteiger partial charge in [-0.3, -0.25) is 29.2 Å². The third-order valence-corrected chi connectivity index (χ3v) is 9.41. The second-order valence-electron chi connectivity index (χ2n) is 13.3. The highest BCUT2D eigenvalue weighted by molar-refractivity contribution is 5.97. The van der Waals surface area contributed by atoms with E-state index in [1.165, 1.54) is 5.57 Å². The number of fused-ring (bicyclic) bond motifs is 1. The first-order valence-corrected chi connectivity index (χ1v) is 17.3. The Bertz CT molecular complexity index is 2010. The lowest BCUT2D eigenvalue weighted by molar-refractivity contribution is -0.132. The van der Waals surface area contributed by atoms with Crippen LogP contribution in [0, 0.1) is 5.92 Å². The van der Waals surface area contributed by atoms with Gasteiger partial charge >= 0.3 is 0 Å². The maximum Gasteiger partial charge on any atom is 0.237 e. The van der Waals surface area contributed by atoms with E-state index in [1.54, 1.807) is 15.9 Å². The zero-order valence-electron chi connectivity index (χ0n) is 29.0. The predicted molar refractivity (Wildman–Crippen MR) is 193 cm³/mol. The fourth-order valence-corrected chi connectivity index (χ4v) is 6.79. The van der Waals surface area contributed by atoms with Crippen molar-refractivity contribution in [2.75, 3.05) is 44.2 Å². The van der Waals surface area contributed by atoms with Gasteiger partial charge in [0.1, 0.15) is 29.1 Å². The van der Waals surface area contributed by atoms with Crippen molar-refractivity contribution in [1.82, 2.24) is 39.7 Å². The van der Waals surface area contributed by atoms with Gasteiger partial charge in [0.05, 0.1) is 24.1 Å². The molecule has 12 heteroatoms. The van der Waals surface area contributed by atoms with Crippen LogP contribution in [-0.4, -0.2) is 96.9 Å². The Morgan fingerprint density at radius 1 is 1.00 bits per heavy atom. The zero-order valence-corrected chi connectivity index (χ0v) is 29.0. The molecule has 2 aromatic carbocycles. The third kappa shape index (κ3) is 7.02. The van der Waals surface area contributed by atoms with Crippen LogP contribution in [-0.2, 0) is 16.6 Å². The van der Waals surface area contributed by atoms with Crippen LogP contribution in [0.15, 0.2) is 73.1 Å². The molecule has 2 aliphatic rings. The number of carbonyl (C=O) groups is 2. The molecule has 1 fully saturated rings. The largest absolute Gasteiger partial charge is 0.491 e. The second kappa shape index (κ2) is 14.2. The van der Waals surface area contributed by atoms with Gasteiger partial charge in [0, 0.05) is 44.4 Å². The summed E-state index contributed by atoms with van der Waals surface area (Å²) in [6.07, 6.45) is 5.44. The van der Waals surface area contributed by atoms with Crippen molar-refractivity contribution in [3.05, 3.63) is 78.6 Å². The lowest BCUT2D eigenvalue weighted by atomic mass is 9.98. The number of hydrogen-bond donors (Lipinski definition) is 1. The summed E-state index contributed by atoms with van der Waals surface area (Å²) in [5, 5.41) is 12.0. The van der Waals surface area contributed by atoms with Crippen molar-refractivity contribution in [2.45, 2.75) is 39.7 Å². The van der Waals surface area contributed by atoms with Crippen LogP contribution >= 0.6 is 0 Å². The van der Waals surface area contributed by atoms with E-state index in [2.05, 4.69) is 43.4 Å². The summed E-state index contributed by atoms with van der Waals surface area (Å²) in [5.74, 6) is 2.03. The summed E-state index contributed by atoms with van der Waals surface area (Å²) in [4.78, 5) is 42.2. The maximum atomic E-state index is 13.8. The van der Waals surface area contributed by atoms with Gasteiger partial charge in [0.25, 0.3) is 0 Å². The summed E-state index contributed by atoms with van der Waals surface area (Å²) >= 11 is 0. The molecule has 0 spiro atoms. The molecule has 258 valence electrons. The first-order valence-electron chi connectivity index (χ1n) is 17.3. The number of nitrogens with one attached hydrogen (secondary N) is 1. The average Bonchev–Trinajstić information content (AvgIpc) is 3.89. The van der Waals surface area contributed by atoms with Crippen molar-refractivity contribution in [3.63, 3.8) is 0 Å². The zero-order chi connectivity index (χ0) is 34.8. The van der Waals surface area contributed by atoms with Crippen molar-refractivity contribution in [3.8, 4) is 28.4 Å². The summed E-state index contributed by atoms with van der Waals surface area (Å²) in [6.45, 7) is 9.28. The predicted octanol–water partition coefficient (Wildman–Crippen LogP) is 5.20. The number of amides is 2. The molecule has 1 N–H and O–H groups in total. The third-order valence-electron chi connectivity index (χ3n) is 9.41. The molecule has 0 bridgehead atoms. The number of aromatic amines is 1. The van der Waals surface area contributed by atoms with E-state index >= 15 is 0 Å². The van der Waals surface area contributed by atoms with E-state index in [4.69, 9.17) is 9.72 Å². The molecule has 7 rings (SSSR count). The Kier molecular flexibility index (Phi) is 9.44. The Balaban J connectivity index is 0.953. The maximum absolute atomic E-state index is 13.8. The molecule has 0 saturated carbocycles. The molecule has 5 heterocycles. The number of carbonyl (C=O) groups excluding carboxylic acids is 2. The number of nitrogens with zero attached hydrogens (tertiary/aromatic N) is 8. The average molecular weight is 674 g/mol. The molecular formula is C38H43N9O3. The number of anilines is 1. The standard InChI is InChI=1S/C38H43N9O3/c1-5-47(33-15-14-32-36(40-33)35(42-41-32)28-10-12-31(13-11-28)50-25(2)3)38(49)30-16-19-45(22-30)23-34(48)46-20-17-27(18-21-46)26-6-8-29(9-7-26)37-39-24-44(4)43-37/h6-15,17,24-25,30H,5,16,18-23H2,1-4H3,(H,41,42)/t30-/m1/s1. The molecule has 1 atom stereocenters. The smallest absolute Gasteiger partial charge is 0.237 e. The van der Waals surface area contributed by atoms with Gasteiger partial charge in [0.2, 0.25) is 11.8 Å². The summed E-state index contributed by atoms with van der Waals surface area (Å²) in [6, 6.07) is 19.9. The highest BCUT2D eigenvalue weighted by atomic mass is 16.5. The van der Waals surface area contributed by atoms with E-state index in [0.29, 0.717) is 62.8 Å². The normalized spacial score (nSPS) is 16.6. The fraction of sp³-hybridized carbons (Fsp3) is 0.368. The van der Waals surface area contributed by atoms with Crippen LogP contribution in [0.4, 0.5) is 5.82 Å². The van der Waals surface area contributed by atoms with Gasteiger partial charge in [-0.25, -0.2) is 9.97 Å². The lowest BCUT2D eigenvalue weighted by Crippen LogP contribution is -2.42. The lowest BCUT2D eigenvalue weighted by Gasteiger charge is -2.29. The monoisotopic (exact) mass is 673 g/mol. The number of likely N-dealkylation sites (tertiary alicyclic amines) is 1. The second-order valence-corrected chi connectivity index (χ2v) is 13.3. The molecule has 0 unspecified atom stereocenters. The molecule has 0 radical (unpaired) electrons. The number of pyridine rings is 1. The van der Waals surface area contributed by atoms with Crippen LogP contribution in [0.1, 0.15) is 39.2 Å². The first-order chi connectivity index (χ1) is 24.2. The van der Waals surface area contributed by atoms with Crippen LogP contribution in [0.3, 0.4) is 0 Å². The molecule has 12 nitrogen and oxygen atoms in total.